The van der Waals surface area contributed by atoms with Gasteiger partial charge in [-0.3, -0.25) is 0 Å². The number of rotatable bonds is 5. The molecule has 0 amide bonds. The lowest BCUT2D eigenvalue weighted by Gasteiger charge is -2.13. The summed E-state index contributed by atoms with van der Waals surface area (Å²) < 4.78 is 13.6. The van der Waals surface area contributed by atoms with Crippen molar-refractivity contribution >= 4 is 11.3 Å². The molecule has 1 nitrogen and oxygen atoms in total. The van der Waals surface area contributed by atoms with E-state index in [-0.39, 0.29) is 11.9 Å². The predicted octanol–water partition coefficient (Wildman–Crippen LogP) is 4.10. The topological polar surface area (TPSA) is 12.0 Å². The standard InChI is InChI=1S/C17H20FNS/c1-12(9-13-5-2-3-7-16(13)18)19-11-15-10-14-6-4-8-17(14)20-15/h2-3,5,7,10,12,19H,4,6,8-9,11H2,1H3. The molecule has 0 fully saturated rings. The van der Waals surface area contributed by atoms with E-state index < -0.39 is 0 Å². The van der Waals surface area contributed by atoms with E-state index in [9.17, 15) is 4.39 Å². The molecule has 0 spiro atoms. The fraction of sp³-hybridized carbons (Fsp3) is 0.412. The normalized spacial score (nSPS) is 15.3. The minimum atomic E-state index is -0.101. The van der Waals surface area contributed by atoms with Gasteiger partial charge in [-0.1, -0.05) is 18.2 Å². The van der Waals surface area contributed by atoms with E-state index in [0.717, 1.165) is 18.5 Å². The molecule has 2 aromatic rings. The first-order chi connectivity index (χ1) is 9.72. The Morgan fingerprint density at radius 1 is 1.30 bits per heavy atom. The van der Waals surface area contributed by atoms with Crippen LogP contribution in [-0.4, -0.2) is 6.04 Å². The quantitative estimate of drug-likeness (QED) is 0.874. The minimum absolute atomic E-state index is 0.101. The zero-order chi connectivity index (χ0) is 13.9. The van der Waals surface area contributed by atoms with Gasteiger partial charge in [0.1, 0.15) is 5.82 Å². The highest BCUT2D eigenvalue weighted by Gasteiger charge is 2.15. The Morgan fingerprint density at radius 2 is 2.15 bits per heavy atom. The summed E-state index contributed by atoms with van der Waals surface area (Å²) in [6, 6.07) is 9.66. The third-order valence-electron chi connectivity index (χ3n) is 3.91. The van der Waals surface area contributed by atoms with E-state index in [4.69, 9.17) is 0 Å². The Bertz CT molecular complexity index is 569. The highest BCUT2D eigenvalue weighted by atomic mass is 32.1. The van der Waals surface area contributed by atoms with Crippen molar-refractivity contribution in [2.24, 2.45) is 0 Å². The molecule has 1 aliphatic rings. The number of thiophene rings is 1. The van der Waals surface area contributed by atoms with Gasteiger partial charge >= 0.3 is 0 Å². The van der Waals surface area contributed by atoms with Crippen molar-refractivity contribution in [3.05, 3.63) is 57.0 Å². The van der Waals surface area contributed by atoms with Gasteiger partial charge < -0.3 is 5.32 Å². The largest absolute Gasteiger partial charge is 0.309 e. The van der Waals surface area contributed by atoms with E-state index in [2.05, 4.69) is 18.3 Å². The van der Waals surface area contributed by atoms with Gasteiger partial charge in [-0.2, -0.15) is 0 Å². The average molecular weight is 289 g/mol. The Kier molecular flexibility index (Phi) is 4.18. The van der Waals surface area contributed by atoms with Gasteiger partial charge in [-0.05, 0) is 55.9 Å². The van der Waals surface area contributed by atoms with Crippen LogP contribution in [0.3, 0.4) is 0 Å². The lowest BCUT2D eigenvalue weighted by atomic mass is 10.1. The number of aryl methyl sites for hydroxylation is 2. The van der Waals surface area contributed by atoms with E-state index >= 15 is 0 Å². The van der Waals surface area contributed by atoms with Crippen LogP contribution in [0.1, 0.15) is 34.2 Å². The van der Waals surface area contributed by atoms with Crippen molar-refractivity contribution in [3.63, 3.8) is 0 Å². The molecule has 1 atom stereocenters. The van der Waals surface area contributed by atoms with Gasteiger partial charge in [0.25, 0.3) is 0 Å². The van der Waals surface area contributed by atoms with Crippen LogP contribution in [0, 0.1) is 5.82 Å². The van der Waals surface area contributed by atoms with Crippen molar-refractivity contribution in [1.82, 2.24) is 5.32 Å². The van der Waals surface area contributed by atoms with E-state index in [0.29, 0.717) is 0 Å². The molecule has 1 aromatic heterocycles. The van der Waals surface area contributed by atoms with Crippen molar-refractivity contribution in [3.8, 4) is 0 Å². The van der Waals surface area contributed by atoms with Gasteiger partial charge in [0.15, 0.2) is 0 Å². The highest BCUT2D eigenvalue weighted by Crippen LogP contribution is 2.30. The molecule has 106 valence electrons. The summed E-state index contributed by atoms with van der Waals surface area (Å²) in [5.74, 6) is -0.101. The van der Waals surface area contributed by atoms with E-state index in [1.165, 1.54) is 30.2 Å². The first-order valence-corrected chi connectivity index (χ1v) is 8.11. The van der Waals surface area contributed by atoms with Crippen LogP contribution in [0.4, 0.5) is 4.39 Å². The zero-order valence-corrected chi connectivity index (χ0v) is 12.6. The number of halogens is 1. The summed E-state index contributed by atoms with van der Waals surface area (Å²) in [4.78, 5) is 2.98. The van der Waals surface area contributed by atoms with Crippen LogP contribution < -0.4 is 5.32 Å². The Morgan fingerprint density at radius 3 is 2.95 bits per heavy atom. The van der Waals surface area contributed by atoms with Crippen molar-refractivity contribution in [2.45, 2.75) is 45.2 Å². The molecule has 0 saturated heterocycles. The summed E-state index contributed by atoms with van der Waals surface area (Å²) >= 11 is 1.94. The minimum Gasteiger partial charge on any atom is -0.309 e. The number of nitrogens with one attached hydrogen (secondary N) is 1. The van der Waals surface area contributed by atoms with Crippen LogP contribution in [0.2, 0.25) is 0 Å². The lowest BCUT2D eigenvalue weighted by Crippen LogP contribution is -2.27. The maximum absolute atomic E-state index is 13.6. The number of benzene rings is 1. The fourth-order valence-corrected chi connectivity index (χ4v) is 4.03. The van der Waals surface area contributed by atoms with Gasteiger partial charge in [-0.25, -0.2) is 4.39 Å². The zero-order valence-electron chi connectivity index (χ0n) is 11.8. The Hall–Kier alpha value is -1.19. The van der Waals surface area contributed by atoms with Crippen LogP contribution >= 0.6 is 11.3 Å². The lowest BCUT2D eigenvalue weighted by molar-refractivity contribution is 0.528. The monoisotopic (exact) mass is 289 g/mol. The summed E-state index contributed by atoms with van der Waals surface area (Å²) in [6.07, 6.45) is 4.55. The van der Waals surface area contributed by atoms with Crippen LogP contribution in [0.5, 0.6) is 0 Å². The van der Waals surface area contributed by atoms with E-state index in [1.807, 2.05) is 23.5 Å². The SMILES string of the molecule is CC(Cc1ccccc1F)NCc1cc2c(s1)CCC2. The first kappa shape index (κ1) is 13.8. The number of hydrogen-bond donors (Lipinski definition) is 1. The summed E-state index contributed by atoms with van der Waals surface area (Å²) in [6.45, 7) is 3.01. The van der Waals surface area contributed by atoms with Crippen LogP contribution in [0.15, 0.2) is 30.3 Å². The molecule has 1 aliphatic carbocycles. The average Bonchev–Trinajstić information content (AvgIpc) is 3.00. The summed E-state index contributed by atoms with van der Waals surface area (Å²) in [5.41, 5.74) is 2.34. The van der Waals surface area contributed by atoms with Gasteiger partial charge in [0.2, 0.25) is 0 Å². The van der Waals surface area contributed by atoms with E-state index in [1.54, 1.807) is 16.5 Å². The smallest absolute Gasteiger partial charge is 0.126 e. The maximum atomic E-state index is 13.6. The molecular formula is C17H20FNS. The highest BCUT2D eigenvalue weighted by molar-refractivity contribution is 7.12. The number of hydrogen-bond acceptors (Lipinski definition) is 2. The van der Waals surface area contributed by atoms with Gasteiger partial charge in [0.05, 0.1) is 0 Å². The molecule has 0 radical (unpaired) electrons. The summed E-state index contributed by atoms with van der Waals surface area (Å²) in [7, 11) is 0. The van der Waals surface area contributed by atoms with Crippen molar-refractivity contribution in [1.29, 1.82) is 0 Å². The molecule has 3 rings (SSSR count). The predicted molar refractivity (Wildman–Crippen MR) is 82.7 cm³/mol. The molecule has 1 heterocycles. The third-order valence-corrected chi connectivity index (χ3v) is 5.14. The molecule has 1 unspecified atom stereocenters. The second-order valence-electron chi connectivity index (χ2n) is 5.59. The molecular weight excluding hydrogens is 269 g/mol. The molecule has 0 aliphatic heterocycles. The van der Waals surface area contributed by atoms with Gasteiger partial charge in [-0.15, -0.1) is 11.3 Å². The third kappa shape index (κ3) is 3.10. The molecule has 1 aromatic carbocycles. The van der Waals surface area contributed by atoms with Crippen LogP contribution in [0.25, 0.3) is 0 Å². The molecule has 0 saturated carbocycles. The second-order valence-corrected chi connectivity index (χ2v) is 6.81. The molecule has 1 N–H and O–H groups in total. The Balaban J connectivity index is 1.54. The second kappa shape index (κ2) is 6.06. The van der Waals surface area contributed by atoms with Gasteiger partial charge in [0, 0.05) is 22.3 Å². The molecule has 3 heteroatoms. The maximum Gasteiger partial charge on any atom is 0.126 e. The summed E-state index contributed by atoms with van der Waals surface area (Å²) in [5, 5.41) is 3.51. The van der Waals surface area contributed by atoms with Crippen molar-refractivity contribution < 1.29 is 4.39 Å². The number of fused-ring (bicyclic) bond motifs is 1. The van der Waals surface area contributed by atoms with Crippen molar-refractivity contribution in [2.75, 3.05) is 0 Å². The molecule has 20 heavy (non-hydrogen) atoms. The first-order valence-electron chi connectivity index (χ1n) is 7.29. The Labute approximate surface area is 123 Å². The molecule has 0 bridgehead atoms. The fourth-order valence-electron chi connectivity index (χ4n) is 2.82. The van der Waals surface area contributed by atoms with Crippen LogP contribution in [-0.2, 0) is 25.8 Å².